The third kappa shape index (κ3) is 4.85. The molecule has 3 rings (SSSR count). The van der Waals surface area contributed by atoms with E-state index >= 15 is 0 Å². The first-order valence-corrected chi connectivity index (χ1v) is 13.2. The fraction of sp³-hybridized carbons (Fsp3) is 0.478. The Morgan fingerprint density at radius 3 is 2.15 bits per heavy atom. The average molecular weight is 369 g/mol. The van der Waals surface area contributed by atoms with Crippen molar-refractivity contribution in [3.05, 3.63) is 71.8 Å². The number of rotatable bonds is 6. The van der Waals surface area contributed by atoms with Gasteiger partial charge in [-0.15, -0.1) is 0 Å². The molecule has 2 nitrogen and oxygen atoms in total. The highest BCUT2D eigenvalue weighted by Gasteiger charge is 2.44. The number of hydrogen-bond donors (Lipinski definition) is 1. The summed E-state index contributed by atoms with van der Waals surface area (Å²) in [7, 11) is -1.68. The average Bonchev–Trinajstić information content (AvgIpc) is 2.63. The number of ether oxygens (including phenoxy) is 1. The molecule has 0 saturated carbocycles. The Morgan fingerprint density at radius 1 is 0.962 bits per heavy atom. The highest BCUT2D eigenvalue weighted by molar-refractivity contribution is 6.78. The normalized spacial score (nSPS) is 26.6. The van der Waals surface area contributed by atoms with Crippen molar-refractivity contribution in [2.24, 2.45) is 5.92 Å². The standard InChI is InChI=1S/C23H32O2Si/c1-18-22(24)16-21(15-14-19-10-6-4-7-11-19)25-23(18)26(2,3)17-20-12-8-5-9-13-20/h4-13,18,21-24H,14-17H2,1-3H3/t18-,21-,22+,23+/m1/s1. The van der Waals surface area contributed by atoms with Gasteiger partial charge in [0.2, 0.25) is 0 Å². The topological polar surface area (TPSA) is 29.5 Å². The van der Waals surface area contributed by atoms with Crippen molar-refractivity contribution in [1.29, 1.82) is 0 Å². The predicted octanol–water partition coefficient (Wildman–Crippen LogP) is 4.80. The predicted molar refractivity (Wildman–Crippen MR) is 111 cm³/mol. The van der Waals surface area contributed by atoms with E-state index in [0.29, 0.717) is 0 Å². The van der Waals surface area contributed by atoms with E-state index in [-0.39, 0.29) is 23.9 Å². The van der Waals surface area contributed by atoms with Crippen LogP contribution in [0.15, 0.2) is 60.7 Å². The second-order valence-corrected chi connectivity index (χ2v) is 13.4. The van der Waals surface area contributed by atoms with Gasteiger partial charge in [-0.2, -0.15) is 0 Å². The van der Waals surface area contributed by atoms with Gasteiger partial charge in [-0.1, -0.05) is 86.2 Å². The number of aliphatic hydroxyl groups is 1. The van der Waals surface area contributed by atoms with Crippen molar-refractivity contribution >= 4 is 8.07 Å². The maximum atomic E-state index is 10.7. The maximum absolute atomic E-state index is 10.7. The van der Waals surface area contributed by atoms with Gasteiger partial charge in [-0.25, -0.2) is 0 Å². The number of benzene rings is 2. The molecule has 2 aromatic carbocycles. The highest BCUT2D eigenvalue weighted by Crippen LogP contribution is 2.34. The lowest BCUT2D eigenvalue weighted by Gasteiger charge is -2.45. The summed E-state index contributed by atoms with van der Waals surface area (Å²) in [5.41, 5.74) is 2.94. The first-order valence-electron chi connectivity index (χ1n) is 9.87. The van der Waals surface area contributed by atoms with Gasteiger partial charge in [0.05, 0.1) is 26.0 Å². The molecular formula is C23H32O2Si. The lowest BCUT2D eigenvalue weighted by Crippen LogP contribution is -2.57. The highest BCUT2D eigenvalue weighted by atomic mass is 28.3. The molecule has 1 heterocycles. The van der Waals surface area contributed by atoms with E-state index in [1.54, 1.807) is 0 Å². The summed E-state index contributed by atoms with van der Waals surface area (Å²) in [6.07, 6.45) is 2.67. The molecule has 26 heavy (non-hydrogen) atoms. The zero-order valence-corrected chi connectivity index (χ0v) is 17.3. The molecule has 0 aromatic heterocycles. The Kier molecular flexibility index (Phi) is 6.33. The second kappa shape index (κ2) is 8.51. The second-order valence-electron chi connectivity index (χ2n) is 8.52. The van der Waals surface area contributed by atoms with E-state index in [1.807, 2.05) is 0 Å². The Balaban J connectivity index is 1.66. The van der Waals surface area contributed by atoms with Gasteiger partial charge in [0.1, 0.15) is 0 Å². The smallest absolute Gasteiger partial charge is 0.0863 e. The van der Waals surface area contributed by atoms with Crippen LogP contribution in [0.2, 0.25) is 13.1 Å². The molecule has 3 heteroatoms. The lowest BCUT2D eigenvalue weighted by atomic mass is 9.93. The van der Waals surface area contributed by atoms with Crippen LogP contribution in [0.25, 0.3) is 0 Å². The quantitative estimate of drug-likeness (QED) is 0.742. The number of hydrogen-bond acceptors (Lipinski definition) is 2. The van der Waals surface area contributed by atoms with Crippen molar-refractivity contribution in [2.45, 2.75) is 63.3 Å². The largest absolute Gasteiger partial charge is 0.393 e. The summed E-state index contributed by atoms with van der Waals surface area (Å²) in [6, 6.07) is 22.4. The zero-order chi connectivity index (χ0) is 18.6. The Bertz CT molecular complexity index is 671. The van der Waals surface area contributed by atoms with Crippen molar-refractivity contribution in [3.63, 3.8) is 0 Å². The molecule has 0 unspecified atom stereocenters. The first-order chi connectivity index (χ1) is 12.5. The molecule has 1 N–H and O–H groups in total. The van der Waals surface area contributed by atoms with E-state index in [0.717, 1.165) is 25.3 Å². The van der Waals surface area contributed by atoms with Gasteiger partial charge in [0.25, 0.3) is 0 Å². The Labute approximate surface area is 159 Å². The summed E-state index contributed by atoms with van der Waals surface area (Å²) in [4.78, 5) is 0. The SMILES string of the molecule is C[C@H]1[C@H]([Si](C)(C)Cc2ccccc2)O[C@H](CCc2ccccc2)C[C@@H]1O. The van der Waals surface area contributed by atoms with Crippen LogP contribution in [-0.2, 0) is 17.2 Å². The molecule has 1 fully saturated rings. The van der Waals surface area contributed by atoms with Gasteiger partial charge < -0.3 is 9.84 Å². The molecule has 0 bridgehead atoms. The molecule has 2 aromatic rings. The summed E-state index contributed by atoms with van der Waals surface area (Å²) >= 11 is 0. The van der Waals surface area contributed by atoms with Crippen molar-refractivity contribution in [2.75, 3.05) is 0 Å². The van der Waals surface area contributed by atoms with Crippen LogP contribution in [-0.4, -0.2) is 31.1 Å². The van der Waals surface area contributed by atoms with E-state index in [2.05, 4.69) is 80.7 Å². The van der Waals surface area contributed by atoms with Crippen LogP contribution < -0.4 is 0 Å². The molecule has 0 aliphatic carbocycles. The first kappa shape index (κ1) is 19.3. The summed E-state index contributed by atoms with van der Waals surface area (Å²) in [5, 5.41) is 10.7. The van der Waals surface area contributed by atoms with Crippen LogP contribution in [0.3, 0.4) is 0 Å². The zero-order valence-electron chi connectivity index (χ0n) is 16.3. The van der Waals surface area contributed by atoms with E-state index in [1.165, 1.54) is 11.1 Å². The van der Waals surface area contributed by atoms with Crippen molar-refractivity contribution < 1.29 is 9.84 Å². The van der Waals surface area contributed by atoms with E-state index < -0.39 is 8.07 Å². The Hall–Kier alpha value is -1.42. The number of aliphatic hydroxyl groups excluding tert-OH is 1. The fourth-order valence-corrected chi connectivity index (χ4v) is 8.04. The van der Waals surface area contributed by atoms with Gasteiger partial charge in [0, 0.05) is 5.92 Å². The van der Waals surface area contributed by atoms with Crippen LogP contribution >= 0.6 is 0 Å². The Morgan fingerprint density at radius 2 is 1.54 bits per heavy atom. The molecule has 140 valence electrons. The number of aryl methyl sites for hydroxylation is 1. The van der Waals surface area contributed by atoms with E-state index in [4.69, 9.17) is 4.74 Å². The van der Waals surface area contributed by atoms with Gasteiger partial charge in [-0.05, 0) is 30.9 Å². The monoisotopic (exact) mass is 368 g/mol. The molecule has 0 amide bonds. The maximum Gasteiger partial charge on any atom is 0.0863 e. The summed E-state index contributed by atoms with van der Waals surface area (Å²) in [6.45, 7) is 6.99. The summed E-state index contributed by atoms with van der Waals surface area (Å²) < 4.78 is 6.63. The van der Waals surface area contributed by atoms with Crippen LogP contribution in [0, 0.1) is 5.92 Å². The van der Waals surface area contributed by atoms with Crippen LogP contribution in [0.4, 0.5) is 0 Å². The molecule has 1 aliphatic rings. The third-order valence-electron chi connectivity index (χ3n) is 5.80. The molecule has 1 saturated heterocycles. The lowest BCUT2D eigenvalue weighted by molar-refractivity contribution is -0.104. The van der Waals surface area contributed by atoms with Gasteiger partial charge in [0.15, 0.2) is 0 Å². The molecule has 4 atom stereocenters. The summed E-state index contributed by atoms with van der Waals surface area (Å²) in [5.74, 6) is 0.216. The van der Waals surface area contributed by atoms with Gasteiger partial charge >= 0.3 is 0 Å². The molecule has 0 spiro atoms. The minimum absolute atomic E-state index is 0.161. The molecule has 0 radical (unpaired) electrons. The third-order valence-corrected chi connectivity index (χ3v) is 9.32. The molecular weight excluding hydrogens is 336 g/mol. The minimum atomic E-state index is -1.68. The van der Waals surface area contributed by atoms with Crippen molar-refractivity contribution in [3.8, 4) is 0 Å². The molecule has 1 aliphatic heterocycles. The van der Waals surface area contributed by atoms with Crippen LogP contribution in [0.5, 0.6) is 0 Å². The fourth-order valence-electron chi connectivity index (χ4n) is 4.35. The van der Waals surface area contributed by atoms with Crippen molar-refractivity contribution in [1.82, 2.24) is 0 Å². The van der Waals surface area contributed by atoms with E-state index in [9.17, 15) is 5.11 Å². The minimum Gasteiger partial charge on any atom is -0.393 e. The van der Waals surface area contributed by atoms with Gasteiger partial charge in [-0.3, -0.25) is 0 Å². The van der Waals surface area contributed by atoms with Crippen LogP contribution in [0.1, 0.15) is 30.9 Å².